The van der Waals surface area contributed by atoms with Gasteiger partial charge in [0.05, 0.1) is 10.9 Å². The summed E-state index contributed by atoms with van der Waals surface area (Å²) in [6, 6.07) is 5.44. The largest absolute Gasteiger partial charge is 0.475 e. The zero-order valence-electron chi connectivity index (χ0n) is 41.8. The molecule has 12 heteroatoms. The molecular weight excluding hydrogens is 863 g/mol. The lowest BCUT2D eigenvalue weighted by atomic mass is 9.33. The van der Waals surface area contributed by atoms with Gasteiger partial charge in [-0.15, -0.1) is 0 Å². The van der Waals surface area contributed by atoms with Crippen LogP contribution in [0.5, 0.6) is 5.88 Å². The SMILES string of the molecule is C=C(C)[C@@H]1CC[C@]2(NCC[C@]3(O)CC[C@@H](S(C)(=O)=O)CC3)CC[C@]3(C)[C@H](CC[C@@H]4[C@@]5(C)CC=C(C6=CC[C@@](COc7ncccc7C#N)(C(=O)OCOC(C)=O)CC6)C(C)(C)[C@@H]5CC[C@]43C)[C@@H]12. The monoisotopic (exact) mass is 942 g/mol. The van der Waals surface area contributed by atoms with Gasteiger partial charge >= 0.3 is 11.9 Å². The Morgan fingerprint density at radius 1 is 0.910 bits per heavy atom. The van der Waals surface area contributed by atoms with Crippen LogP contribution in [0, 0.1) is 68.0 Å². The van der Waals surface area contributed by atoms with Gasteiger partial charge in [0.2, 0.25) is 12.7 Å². The molecule has 11 nitrogen and oxygen atoms in total. The van der Waals surface area contributed by atoms with E-state index < -0.39 is 39.6 Å². The summed E-state index contributed by atoms with van der Waals surface area (Å²) in [5, 5.41) is 25.2. The summed E-state index contributed by atoms with van der Waals surface area (Å²) >= 11 is 0. The van der Waals surface area contributed by atoms with Crippen LogP contribution in [0.2, 0.25) is 0 Å². The first-order chi connectivity index (χ1) is 31.5. The first-order valence-corrected chi connectivity index (χ1v) is 27.4. The summed E-state index contributed by atoms with van der Waals surface area (Å²) in [6.45, 7) is 21.3. The molecule has 0 unspecified atom stereocenters. The first kappa shape index (κ1) is 49.9. The molecule has 1 aromatic heterocycles. The van der Waals surface area contributed by atoms with Gasteiger partial charge in [0, 0.05) is 24.9 Å². The van der Waals surface area contributed by atoms with Gasteiger partial charge in [0.15, 0.2) is 0 Å². The van der Waals surface area contributed by atoms with E-state index >= 15 is 0 Å². The topological polar surface area (TPSA) is 165 Å². The van der Waals surface area contributed by atoms with Crippen LogP contribution in [0.4, 0.5) is 0 Å². The fraction of sp³-hybridized carbons (Fsp3) is 0.745. The minimum atomic E-state index is -3.09. The minimum Gasteiger partial charge on any atom is -0.475 e. The summed E-state index contributed by atoms with van der Waals surface area (Å²) in [5.74, 6) is 1.79. The Hall–Kier alpha value is -3.53. The molecule has 0 amide bonds. The second-order valence-corrected chi connectivity index (χ2v) is 26.3. The lowest BCUT2D eigenvalue weighted by Gasteiger charge is -2.72. The third kappa shape index (κ3) is 8.65. The number of nitrogens with zero attached hydrogens (tertiary/aromatic N) is 2. The summed E-state index contributed by atoms with van der Waals surface area (Å²) in [7, 11) is -3.09. The summed E-state index contributed by atoms with van der Waals surface area (Å²) in [6.07, 6.45) is 22.6. The molecule has 1 aromatic rings. The number of aromatic nitrogens is 1. The van der Waals surface area contributed by atoms with Crippen molar-refractivity contribution < 1.29 is 37.3 Å². The molecule has 0 saturated heterocycles. The lowest BCUT2D eigenvalue weighted by Crippen LogP contribution is -2.68. The van der Waals surface area contributed by atoms with Gasteiger partial charge in [-0.25, -0.2) is 13.4 Å². The number of allylic oxidation sites excluding steroid dienone is 5. The molecular formula is C55H79N3O8S. The molecule has 0 aromatic carbocycles. The number of carbonyl (C=O) groups is 2. The summed E-state index contributed by atoms with van der Waals surface area (Å²) in [4.78, 5) is 29.6. The molecule has 0 spiro atoms. The number of nitriles is 1. The normalized spacial score (nSPS) is 40.0. The number of sulfone groups is 1. The van der Waals surface area contributed by atoms with Crippen LogP contribution in [0.3, 0.4) is 0 Å². The van der Waals surface area contributed by atoms with E-state index in [2.05, 4.69) is 76.6 Å². The number of hydrogen-bond donors (Lipinski definition) is 2. The number of fused-ring (bicyclic) bond motifs is 7. The molecule has 0 radical (unpaired) electrons. The van der Waals surface area contributed by atoms with Crippen molar-refractivity contribution in [3.63, 3.8) is 0 Å². The van der Waals surface area contributed by atoms with E-state index in [4.69, 9.17) is 14.2 Å². The average molecular weight is 942 g/mol. The van der Waals surface area contributed by atoms with E-state index in [0.29, 0.717) is 86.5 Å². The van der Waals surface area contributed by atoms with E-state index in [1.165, 1.54) is 62.0 Å². The first-order valence-electron chi connectivity index (χ1n) is 25.5. The van der Waals surface area contributed by atoms with Gasteiger partial charge in [0.25, 0.3) is 0 Å². The molecule has 0 aliphatic heterocycles. The number of aliphatic hydroxyl groups is 1. The van der Waals surface area contributed by atoms with Gasteiger partial charge in [-0.05, 0) is 197 Å². The summed E-state index contributed by atoms with van der Waals surface area (Å²) < 4.78 is 41.2. The maximum Gasteiger partial charge on any atom is 0.318 e. The zero-order valence-corrected chi connectivity index (χ0v) is 42.6. The van der Waals surface area contributed by atoms with Crippen molar-refractivity contribution >= 4 is 21.8 Å². The zero-order chi connectivity index (χ0) is 48.4. The highest BCUT2D eigenvalue weighted by Crippen LogP contribution is 2.76. The molecule has 368 valence electrons. The fourth-order valence-corrected chi connectivity index (χ4v) is 17.7. The Balaban J connectivity index is 1.00. The quantitative estimate of drug-likeness (QED) is 0.110. The van der Waals surface area contributed by atoms with Crippen LogP contribution in [-0.2, 0) is 28.9 Å². The number of hydrogen-bond acceptors (Lipinski definition) is 11. The second kappa shape index (κ2) is 18.0. The molecule has 67 heavy (non-hydrogen) atoms. The molecule has 5 saturated carbocycles. The third-order valence-electron chi connectivity index (χ3n) is 20.4. The maximum atomic E-state index is 13.8. The van der Waals surface area contributed by atoms with E-state index in [1.54, 1.807) is 18.3 Å². The second-order valence-electron chi connectivity index (χ2n) is 24.0. The summed E-state index contributed by atoms with van der Waals surface area (Å²) in [5.41, 5.74) is 2.86. The van der Waals surface area contributed by atoms with E-state index in [9.17, 15) is 28.4 Å². The Kier molecular flexibility index (Phi) is 13.4. The molecule has 1 heterocycles. The predicted molar refractivity (Wildman–Crippen MR) is 259 cm³/mol. The van der Waals surface area contributed by atoms with Crippen molar-refractivity contribution in [2.45, 2.75) is 174 Å². The van der Waals surface area contributed by atoms with Crippen LogP contribution < -0.4 is 10.1 Å². The molecule has 8 rings (SSSR count). The fourth-order valence-electron chi connectivity index (χ4n) is 16.6. The Bertz CT molecular complexity index is 2330. The molecule has 7 aliphatic carbocycles. The number of nitrogens with one attached hydrogen (secondary N) is 1. The molecule has 2 N–H and O–H groups in total. The van der Waals surface area contributed by atoms with Crippen molar-refractivity contribution in [1.29, 1.82) is 5.26 Å². The number of ether oxygens (including phenoxy) is 3. The van der Waals surface area contributed by atoms with Crippen LogP contribution >= 0.6 is 0 Å². The average Bonchev–Trinajstić information content (AvgIpc) is 3.66. The number of esters is 2. The van der Waals surface area contributed by atoms with Gasteiger partial charge in [-0.1, -0.05) is 58.9 Å². The molecule has 0 bridgehead atoms. The third-order valence-corrected chi connectivity index (χ3v) is 22.1. The molecule has 7 aliphatic rings. The van der Waals surface area contributed by atoms with Crippen LogP contribution in [0.25, 0.3) is 0 Å². The highest BCUT2D eigenvalue weighted by molar-refractivity contribution is 7.91. The Morgan fingerprint density at radius 3 is 2.31 bits per heavy atom. The van der Waals surface area contributed by atoms with Gasteiger partial charge in [0.1, 0.15) is 33.5 Å². The van der Waals surface area contributed by atoms with E-state index in [1.807, 2.05) is 0 Å². The Morgan fingerprint density at radius 2 is 1.66 bits per heavy atom. The minimum absolute atomic E-state index is 0.0195. The molecule has 5 fully saturated rings. The number of carbonyl (C=O) groups excluding carboxylic acids is 2. The predicted octanol–water partition coefficient (Wildman–Crippen LogP) is 10.1. The van der Waals surface area contributed by atoms with Crippen molar-refractivity contribution in [3.05, 3.63) is 59.3 Å². The van der Waals surface area contributed by atoms with Crippen LogP contribution in [-0.4, -0.2) is 73.0 Å². The standard InChI is InChI=1S/C55H79N3O8S/c1-36(2)41-18-27-55(58-32-30-54(61)25-16-40(17-26-54)67(9,62)63)29-28-51(7)43(46(41)55)12-13-45-50(6)21-19-42(49(4,5)44(50)20-22-52(45,51)8)38-14-23-53(24-15-38,48(60)66-35-65-37(3)59)34-64-47-39(33-56)11-10-31-57-47/h10-11,14,19,31,40-41,43-46,58,61H,1,12-13,15-18,20-30,32,34-35H2,2-9H3/t40-,41-,43+,44-,45+,46+,50-,51+,52+,53+,54+,55-/m0/s1. The highest BCUT2D eigenvalue weighted by atomic mass is 32.2. The van der Waals surface area contributed by atoms with E-state index in [-0.39, 0.29) is 44.9 Å². The van der Waals surface area contributed by atoms with E-state index in [0.717, 1.165) is 32.2 Å². The maximum absolute atomic E-state index is 13.8. The highest BCUT2D eigenvalue weighted by Gasteiger charge is 2.70. The van der Waals surface area contributed by atoms with Crippen molar-refractivity contribution in [3.8, 4) is 11.9 Å². The van der Waals surface area contributed by atoms with Crippen molar-refractivity contribution in [2.75, 3.05) is 26.2 Å². The lowest BCUT2D eigenvalue weighted by molar-refractivity contribution is -0.221. The van der Waals surface area contributed by atoms with Crippen LogP contribution in [0.15, 0.2) is 53.8 Å². The number of pyridine rings is 1. The van der Waals surface area contributed by atoms with Crippen LogP contribution in [0.1, 0.15) is 163 Å². The Labute approximate surface area is 401 Å². The van der Waals surface area contributed by atoms with Gasteiger partial charge in [-0.2, -0.15) is 5.26 Å². The van der Waals surface area contributed by atoms with Crippen molar-refractivity contribution in [1.82, 2.24) is 10.3 Å². The van der Waals surface area contributed by atoms with Crippen molar-refractivity contribution in [2.24, 2.45) is 56.7 Å². The smallest absolute Gasteiger partial charge is 0.318 e. The number of rotatable bonds is 13. The van der Waals surface area contributed by atoms with Gasteiger partial charge < -0.3 is 24.6 Å². The van der Waals surface area contributed by atoms with Gasteiger partial charge in [-0.3, -0.25) is 9.59 Å². The molecule has 10 atom stereocenters.